The molecule has 0 aromatic rings. The standard InChI is InChI=1S/C12H19NO5S/c1-2-18-12(16)6-5-10(14)7-19(17)8-11(15)13-9-3-4-9/h9H,2-8H2,1H3,(H,13,15). The summed E-state index contributed by atoms with van der Waals surface area (Å²) in [5.41, 5.74) is 0. The highest BCUT2D eigenvalue weighted by Gasteiger charge is 2.24. The predicted octanol–water partition coefficient (Wildman–Crippen LogP) is -0.0739. The summed E-state index contributed by atoms with van der Waals surface area (Å²) in [7, 11) is -1.50. The van der Waals surface area contributed by atoms with Crippen molar-refractivity contribution in [2.24, 2.45) is 0 Å². The minimum Gasteiger partial charge on any atom is -0.466 e. The lowest BCUT2D eigenvalue weighted by Gasteiger charge is -2.04. The number of amides is 1. The van der Waals surface area contributed by atoms with Crippen LogP contribution in [0.15, 0.2) is 0 Å². The fourth-order valence-electron chi connectivity index (χ4n) is 1.42. The van der Waals surface area contributed by atoms with E-state index in [4.69, 9.17) is 0 Å². The molecule has 0 radical (unpaired) electrons. The molecule has 1 amide bonds. The Morgan fingerprint density at radius 3 is 2.47 bits per heavy atom. The summed E-state index contributed by atoms with van der Waals surface area (Å²) in [6.07, 6.45) is 1.95. The minimum atomic E-state index is -1.50. The fourth-order valence-corrected chi connectivity index (χ4v) is 2.40. The van der Waals surface area contributed by atoms with E-state index in [1.807, 2.05) is 0 Å². The molecular weight excluding hydrogens is 270 g/mol. The maximum absolute atomic E-state index is 11.5. The van der Waals surface area contributed by atoms with Crippen LogP contribution in [0.2, 0.25) is 0 Å². The second-order valence-electron chi connectivity index (χ2n) is 4.41. The Morgan fingerprint density at radius 1 is 1.21 bits per heavy atom. The van der Waals surface area contributed by atoms with E-state index >= 15 is 0 Å². The van der Waals surface area contributed by atoms with Crippen LogP contribution in [0, 0.1) is 0 Å². The summed E-state index contributed by atoms with van der Waals surface area (Å²) >= 11 is 0. The average Bonchev–Trinajstić information content (AvgIpc) is 3.10. The van der Waals surface area contributed by atoms with Gasteiger partial charge in [-0.2, -0.15) is 0 Å². The number of ether oxygens (including phenoxy) is 1. The van der Waals surface area contributed by atoms with Crippen molar-refractivity contribution in [2.45, 2.75) is 38.6 Å². The van der Waals surface area contributed by atoms with E-state index in [0.717, 1.165) is 12.8 Å². The average molecular weight is 289 g/mol. The molecule has 0 aromatic heterocycles. The van der Waals surface area contributed by atoms with Crippen LogP contribution in [0.5, 0.6) is 0 Å². The number of nitrogens with one attached hydrogen (secondary N) is 1. The molecule has 0 spiro atoms. The summed E-state index contributed by atoms with van der Waals surface area (Å²) in [5.74, 6) is -1.34. The van der Waals surface area contributed by atoms with E-state index in [9.17, 15) is 18.6 Å². The lowest BCUT2D eigenvalue weighted by molar-refractivity contribution is -0.144. The smallest absolute Gasteiger partial charge is 0.306 e. The fraction of sp³-hybridized carbons (Fsp3) is 0.750. The maximum atomic E-state index is 11.5. The third kappa shape index (κ3) is 7.71. The van der Waals surface area contributed by atoms with Gasteiger partial charge in [0.05, 0.1) is 18.8 Å². The van der Waals surface area contributed by atoms with Crippen molar-refractivity contribution in [3.05, 3.63) is 0 Å². The van der Waals surface area contributed by atoms with E-state index in [2.05, 4.69) is 10.1 Å². The Hall–Kier alpha value is -1.24. The van der Waals surface area contributed by atoms with Gasteiger partial charge < -0.3 is 10.1 Å². The van der Waals surface area contributed by atoms with Crippen LogP contribution in [0.1, 0.15) is 32.6 Å². The molecule has 0 saturated heterocycles. The van der Waals surface area contributed by atoms with Crippen molar-refractivity contribution >= 4 is 28.5 Å². The highest BCUT2D eigenvalue weighted by atomic mass is 32.2. The zero-order chi connectivity index (χ0) is 14.3. The van der Waals surface area contributed by atoms with Crippen LogP contribution in [-0.4, -0.2) is 46.0 Å². The summed E-state index contributed by atoms with van der Waals surface area (Å²) in [4.78, 5) is 33.8. The van der Waals surface area contributed by atoms with Crippen molar-refractivity contribution in [3.63, 3.8) is 0 Å². The van der Waals surface area contributed by atoms with Crippen molar-refractivity contribution < 1.29 is 23.3 Å². The van der Waals surface area contributed by atoms with Gasteiger partial charge in [-0.05, 0) is 19.8 Å². The Morgan fingerprint density at radius 2 is 1.89 bits per heavy atom. The number of carbonyl (C=O) groups is 3. The molecule has 1 fully saturated rings. The van der Waals surface area contributed by atoms with Crippen LogP contribution in [0.25, 0.3) is 0 Å². The Bertz CT molecular complexity index is 378. The molecule has 0 aliphatic heterocycles. The van der Waals surface area contributed by atoms with Gasteiger partial charge in [0.1, 0.15) is 11.5 Å². The van der Waals surface area contributed by atoms with Gasteiger partial charge in [-0.1, -0.05) is 0 Å². The van der Waals surface area contributed by atoms with Crippen LogP contribution < -0.4 is 5.32 Å². The molecule has 19 heavy (non-hydrogen) atoms. The first-order valence-corrected chi connectivity index (χ1v) is 7.81. The van der Waals surface area contributed by atoms with Crippen molar-refractivity contribution in [1.29, 1.82) is 0 Å². The van der Waals surface area contributed by atoms with E-state index in [1.54, 1.807) is 6.92 Å². The van der Waals surface area contributed by atoms with Crippen molar-refractivity contribution in [3.8, 4) is 0 Å². The largest absolute Gasteiger partial charge is 0.466 e. The first kappa shape index (κ1) is 15.8. The second kappa shape index (κ2) is 8.04. The number of esters is 1. The molecule has 1 unspecified atom stereocenters. The normalized spacial score (nSPS) is 15.6. The monoisotopic (exact) mass is 289 g/mol. The number of Topliss-reactive ketones (excluding diaryl/α,β-unsaturated/α-hetero) is 1. The second-order valence-corrected chi connectivity index (χ2v) is 5.87. The number of hydrogen-bond donors (Lipinski definition) is 1. The Balaban J connectivity index is 2.14. The van der Waals surface area contributed by atoms with Crippen LogP contribution >= 0.6 is 0 Å². The number of hydrogen-bond acceptors (Lipinski definition) is 5. The van der Waals surface area contributed by atoms with Gasteiger partial charge in [0.15, 0.2) is 0 Å². The molecule has 108 valence electrons. The minimum absolute atomic E-state index is 0.00184. The van der Waals surface area contributed by atoms with E-state index < -0.39 is 16.8 Å². The quantitative estimate of drug-likeness (QED) is 0.600. The highest BCUT2D eigenvalue weighted by Crippen LogP contribution is 2.18. The summed E-state index contributed by atoms with van der Waals surface area (Å²) in [5, 5.41) is 2.71. The number of rotatable bonds is 9. The van der Waals surface area contributed by atoms with Gasteiger partial charge in [0.25, 0.3) is 0 Å². The number of carbonyl (C=O) groups excluding carboxylic acids is 3. The first-order chi connectivity index (χ1) is 9.01. The van der Waals surface area contributed by atoms with Gasteiger partial charge in [-0.15, -0.1) is 0 Å². The predicted molar refractivity (Wildman–Crippen MR) is 69.9 cm³/mol. The topological polar surface area (TPSA) is 89.5 Å². The van der Waals surface area contributed by atoms with E-state index in [-0.39, 0.29) is 48.7 Å². The van der Waals surface area contributed by atoms with Crippen molar-refractivity contribution in [2.75, 3.05) is 18.1 Å². The number of ketones is 1. The third-order valence-electron chi connectivity index (χ3n) is 2.47. The van der Waals surface area contributed by atoms with Crippen LogP contribution in [0.4, 0.5) is 0 Å². The van der Waals surface area contributed by atoms with Gasteiger partial charge in [-0.3, -0.25) is 18.6 Å². The molecule has 1 atom stereocenters. The zero-order valence-electron chi connectivity index (χ0n) is 11.0. The molecule has 7 heteroatoms. The molecular formula is C12H19NO5S. The van der Waals surface area contributed by atoms with Gasteiger partial charge >= 0.3 is 5.97 Å². The molecule has 1 aliphatic rings. The molecule has 1 saturated carbocycles. The molecule has 1 rings (SSSR count). The highest BCUT2D eigenvalue weighted by molar-refractivity contribution is 7.86. The Kier molecular flexibility index (Phi) is 6.69. The zero-order valence-corrected chi connectivity index (χ0v) is 11.8. The molecule has 6 nitrogen and oxygen atoms in total. The summed E-state index contributed by atoms with van der Waals surface area (Å²) in [6, 6.07) is 0.226. The lowest BCUT2D eigenvalue weighted by Crippen LogP contribution is -2.31. The molecule has 1 aliphatic carbocycles. The Labute approximate surface area is 114 Å². The molecule has 0 bridgehead atoms. The van der Waals surface area contributed by atoms with Crippen LogP contribution in [-0.2, 0) is 29.9 Å². The summed E-state index contributed by atoms with van der Waals surface area (Å²) < 4.78 is 16.2. The van der Waals surface area contributed by atoms with Gasteiger partial charge in [0.2, 0.25) is 5.91 Å². The van der Waals surface area contributed by atoms with E-state index in [0.29, 0.717) is 0 Å². The maximum Gasteiger partial charge on any atom is 0.306 e. The van der Waals surface area contributed by atoms with Crippen molar-refractivity contribution in [1.82, 2.24) is 5.32 Å². The van der Waals surface area contributed by atoms with Crippen LogP contribution in [0.3, 0.4) is 0 Å². The SMILES string of the molecule is CCOC(=O)CCC(=O)CS(=O)CC(=O)NC1CC1. The molecule has 1 N–H and O–H groups in total. The van der Waals surface area contributed by atoms with Gasteiger partial charge in [0, 0.05) is 23.3 Å². The van der Waals surface area contributed by atoms with E-state index in [1.165, 1.54) is 0 Å². The molecule has 0 aromatic carbocycles. The summed E-state index contributed by atoms with van der Waals surface area (Å²) in [6.45, 7) is 1.97. The third-order valence-corrected chi connectivity index (χ3v) is 3.70. The van der Waals surface area contributed by atoms with Gasteiger partial charge in [-0.25, -0.2) is 0 Å². The lowest BCUT2D eigenvalue weighted by atomic mass is 10.2. The molecule has 0 heterocycles. The first-order valence-electron chi connectivity index (χ1n) is 6.33.